The van der Waals surface area contributed by atoms with Crippen LogP contribution in [0.1, 0.15) is 18.2 Å². The van der Waals surface area contributed by atoms with Gasteiger partial charge in [0.25, 0.3) is 0 Å². The Labute approximate surface area is 156 Å². The highest BCUT2D eigenvalue weighted by atomic mass is 35.5. The van der Waals surface area contributed by atoms with Crippen LogP contribution in [0.2, 0.25) is 5.02 Å². The maximum absolute atomic E-state index is 13.8. The Bertz CT molecular complexity index is 903. The highest BCUT2D eigenvalue weighted by Crippen LogP contribution is 2.14. The Kier molecular flexibility index (Phi) is 6.59. The lowest BCUT2D eigenvalue weighted by Gasteiger charge is -2.17. The van der Waals surface area contributed by atoms with Gasteiger partial charge in [-0.25, -0.2) is 14.2 Å². The summed E-state index contributed by atoms with van der Waals surface area (Å²) in [5.74, 6) is 4.73. The quantitative estimate of drug-likeness (QED) is 0.353. The van der Waals surface area contributed by atoms with Crippen LogP contribution >= 0.6 is 11.6 Å². The number of aromatic nitrogens is 1. The number of carbonyl (C=O) groups excluding carboxylic acids is 1. The molecule has 0 bridgehead atoms. The normalized spacial score (nSPS) is 10.6. The van der Waals surface area contributed by atoms with Gasteiger partial charge in [-0.1, -0.05) is 23.6 Å². The van der Waals surface area contributed by atoms with Gasteiger partial charge < -0.3 is 9.57 Å². The Balaban J connectivity index is 2.18. The zero-order valence-corrected chi connectivity index (χ0v) is 15.2. The molecule has 0 saturated carbocycles. The molecular formula is C19H16ClFN2O3. The summed E-state index contributed by atoms with van der Waals surface area (Å²) in [6.07, 6.45) is 1.49. The summed E-state index contributed by atoms with van der Waals surface area (Å²) in [4.78, 5) is 21.3. The van der Waals surface area contributed by atoms with Gasteiger partial charge in [0, 0.05) is 12.1 Å². The molecule has 0 aliphatic heterocycles. The van der Waals surface area contributed by atoms with Crippen molar-refractivity contribution in [2.24, 2.45) is 0 Å². The van der Waals surface area contributed by atoms with Crippen LogP contribution in [0, 0.1) is 17.7 Å². The van der Waals surface area contributed by atoms with Gasteiger partial charge in [0.15, 0.2) is 5.82 Å². The molecule has 1 aromatic heterocycles. The summed E-state index contributed by atoms with van der Waals surface area (Å²) in [7, 11) is 2.90. The van der Waals surface area contributed by atoms with Crippen molar-refractivity contribution < 1.29 is 18.8 Å². The standard InChI is InChI=1S/C19H16ClFN2O3/c1-4-17(25-3)19(24)26-23(2)18-7-5-6-15(22-18)11-9-13-8-10-14(20)12-16(13)21/h4-8,10,12H,1-3H3. The van der Waals surface area contributed by atoms with E-state index < -0.39 is 11.8 Å². The molecule has 0 spiro atoms. The number of anilines is 1. The molecule has 5 nitrogen and oxygen atoms in total. The Morgan fingerprint density at radius 1 is 1.31 bits per heavy atom. The molecule has 2 rings (SSSR count). The number of pyridine rings is 1. The summed E-state index contributed by atoms with van der Waals surface area (Å²) in [6, 6.07) is 9.24. The summed E-state index contributed by atoms with van der Waals surface area (Å²) >= 11 is 5.71. The van der Waals surface area contributed by atoms with E-state index in [9.17, 15) is 9.18 Å². The maximum Gasteiger partial charge on any atom is 0.397 e. The predicted octanol–water partition coefficient (Wildman–Crippen LogP) is 3.72. The highest BCUT2D eigenvalue weighted by molar-refractivity contribution is 6.30. The van der Waals surface area contributed by atoms with Crippen molar-refractivity contribution in [2.75, 3.05) is 19.2 Å². The molecule has 0 saturated heterocycles. The van der Waals surface area contributed by atoms with Crippen molar-refractivity contribution in [3.8, 4) is 11.8 Å². The van der Waals surface area contributed by atoms with Crippen LogP contribution in [0.5, 0.6) is 0 Å². The molecule has 0 atom stereocenters. The van der Waals surface area contributed by atoms with Crippen LogP contribution in [0.3, 0.4) is 0 Å². The first kappa shape index (κ1) is 19.3. The molecule has 0 radical (unpaired) electrons. The highest BCUT2D eigenvalue weighted by Gasteiger charge is 2.15. The van der Waals surface area contributed by atoms with Crippen LogP contribution in [-0.2, 0) is 14.4 Å². The number of halogens is 2. The predicted molar refractivity (Wildman–Crippen MR) is 96.9 cm³/mol. The second kappa shape index (κ2) is 8.88. The van der Waals surface area contributed by atoms with Crippen molar-refractivity contribution in [1.82, 2.24) is 4.98 Å². The monoisotopic (exact) mass is 374 g/mol. The minimum Gasteiger partial charge on any atom is -0.490 e. The SMILES string of the molecule is CC=C(OC)C(=O)ON(C)c1cccc(C#Cc2ccc(Cl)cc2F)n1. The third kappa shape index (κ3) is 4.98. The number of hydrogen-bond donors (Lipinski definition) is 0. The number of carbonyl (C=O) groups is 1. The fraction of sp³-hybridized carbons (Fsp3) is 0.158. The molecule has 0 unspecified atom stereocenters. The lowest BCUT2D eigenvalue weighted by atomic mass is 10.2. The van der Waals surface area contributed by atoms with Crippen molar-refractivity contribution in [1.29, 1.82) is 0 Å². The topological polar surface area (TPSA) is 51.7 Å². The number of ether oxygens (including phenoxy) is 1. The van der Waals surface area contributed by atoms with E-state index in [1.807, 2.05) is 0 Å². The van der Waals surface area contributed by atoms with Gasteiger partial charge in [0.1, 0.15) is 11.5 Å². The average Bonchev–Trinajstić information content (AvgIpc) is 2.62. The largest absolute Gasteiger partial charge is 0.490 e. The van der Waals surface area contributed by atoms with E-state index in [0.29, 0.717) is 16.5 Å². The zero-order chi connectivity index (χ0) is 19.1. The van der Waals surface area contributed by atoms with Gasteiger partial charge in [-0.2, -0.15) is 5.06 Å². The average molecular weight is 375 g/mol. The third-order valence-electron chi connectivity index (χ3n) is 3.22. The molecule has 0 aliphatic rings. The van der Waals surface area contributed by atoms with Gasteiger partial charge >= 0.3 is 5.97 Å². The molecule has 2 aromatic rings. The van der Waals surface area contributed by atoms with Crippen LogP contribution in [-0.4, -0.2) is 25.1 Å². The fourth-order valence-electron chi connectivity index (χ4n) is 1.93. The molecular weight excluding hydrogens is 359 g/mol. The van der Waals surface area contributed by atoms with E-state index in [4.69, 9.17) is 21.2 Å². The lowest BCUT2D eigenvalue weighted by Crippen LogP contribution is -2.25. The maximum atomic E-state index is 13.8. The summed E-state index contributed by atoms with van der Waals surface area (Å²) in [5.41, 5.74) is 0.594. The number of methoxy groups -OCH3 is 1. The summed E-state index contributed by atoms with van der Waals surface area (Å²) in [5, 5.41) is 1.49. The first-order valence-corrected chi connectivity index (χ1v) is 7.93. The van der Waals surface area contributed by atoms with Gasteiger partial charge in [0.05, 0.1) is 12.7 Å². The number of allylic oxidation sites excluding steroid dienone is 1. The minimum absolute atomic E-state index is 0.0750. The molecule has 7 heteroatoms. The zero-order valence-electron chi connectivity index (χ0n) is 14.4. The second-order valence-electron chi connectivity index (χ2n) is 4.99. The number of hydrogen-bond acceptors (Lipinski definition) is 5. The van der Waals surface area contributed by atoms with E-state index in [1.165, 1.54) is 37.4 Å². The Morgan fingerprint density at radius 2 is 2.08 bits per heavy atom. The molecule has 134 valence electrons. The summed E-state index contributed by atoms with van der Waals surface area (Å²) in [6.45, 7) is 1.66. The second-order valence-corrected chi connectivity index (χ2v) is 5.42. The van der Waals surface area contributed by atoms with Gasteiger partial charge in [0.2, 0.25) is 5.76 Å². The first-order valence-electron chi connectivity index (χ1n) is 7.55. The number of rotatable bonds is 4. The van der Waals surface area contributed by atoms with E-state index in [0.717, 1.165) is 0 Å². The van der Waals surface area contributed by atoms with Gasteiger partial charge in [-0.3, -0.25) is 0 Å². The van der Waals surface area contributed by atoms with Gasteiger partial charge in [-0.15, -0.1) is 0 Å². The van der Waals surface area contributed by atoms with Crippen LogP contribution in [0.15, 0.2) is 48.2 Å². The van der Waals surface area contributed by atoms with Crippen molar-refractivity contribution in [2.45, 2.75) is 6.92 Å². The van der Waals surface area contributed by atoms with Crippen LogP contribution < -0.4 is 5.06 Å². The van der Waals surface area contributed by atoms with Crippen molar-refractivity contribution in [3.05, 3.63) is 70.3 Å². The lowest BCUT2D eigenvalue weighted by molar-refractivity contribution is -0.143. The molecule has 1 heterocycles. The number of benzene rings is 1. The molecule has 0 N–H and O–H groups in total. The number of hydroxylamine groups is 1. The van der Waals surface area contributed by atoms with E-state index >= 15 is 0 Å². The van der Waals surface area contributed by atoms with Crippen LogP contribution in [0.4, 0.5) is 10.2 Å². The molecule has 0 aliphatic carbocycles. The van der Waals surface area contributed by atoms with Crippen molar-refractivity contribution >= 4 is 23.4 Å². The number of nitrogens with zero attached hydrogens (tertiary/aromatic N) is 2. The van der Waals surface area contributed by atoms with Crippen molar-refractivity contribution in [3.63, 3.8) is 0 Å². The van der Waals surface area contributed by atoms with E-state index in [-0.39, 0.29) is 11.3 Å². The third-order valence-corrected chi connectivity index (χ3v) is 3.45. The molecule has 26 heavy (non-hydrogen) atoms. The molecule has 0 fully saturated rings. The molecule has 1 aromatic carbocycles. The Morgan fingerprint density at radius 3 is 2.73 bits per heavy atom. The Hall–Kier alpha value is -3.04. The minimum atomic E-state index is -0.654. The smallest absolute Gasteiger partial charge is 0.397 e. The first-order chi connectivity index (χ1) is 12.4. The van der Waals surface area contributed by atoms with Crippen LogP contribution in [0.25, 0.3) is 0 Å². The van der Waals surface area contributed by atoms with Gasteiger partial charge in [-0.05, 0) is 49.3 Å². The fourth-order valence-corrected chi connectivity index (χ4v) is 2.08. The van der Waals surface area contributed by atoms with E-state index in [1.54, 1.807) is 31.2 Å². The molecule has 0 amide bonds. The summed E-state index contributed by atoms with van der Waals surface area (Å²) < 4.78 is 18.7. The van der Waals surface area contributed by atoms with E-state index in [2.05, 4.69) is 16.8 Å².